The third kappa shape index (κ3) is 4.93. The van der Waals surface area contributed by atoms with Crippen LogP contribution in [0.25, 0.3) is 0 Å². The Morgan fingerprint density at radius 3 is 2.12 bits per heavy atom. The van der Waals surface area contributed by atoms with E-state index in [1.807, 2.05) is 54.6 Å². The summed E-state index contributed by atoms with van der Waals surface area (Å²) < 4.78 is 18.8. The maximum absolute atomic E-state index is 13.1. The van der Waals surface area contributed by atoms with E-state index in [1.54, 1.807) is 12.1 Å². The smallest absolute Gasteiger partial charge is 0.303 e. The molecule has 1 atom stereocenters. The molecule has 1 N–H and O–H groups in total. The van der Waals surface area contributed by atoms with E-state index in [0.29, 0.717) is 12.2 Å². The van der Waals surface area contributed by atoms with Crippen LogP contribution in [0.1, 0.15) is 23.5 Å². The molecule has 3 aromatic carbocycles. The third-order valence-electron chi connectivity index (χ3n) is 4.15. The topological polar surface area (TPSA) is 46.5 Å². The van der Waals surface area contributed by atoms with E-state index in [0.717, 1.165) is 16.9 Å². The number of hydrogen-bond donors (Lipinski definition) is 1. The summed E-state index contributed by atoms with van der Waals surface area (Å²) in [4.78, 5) is 11.3. The van der Waals surface area contributed by atoms with E-state index in [9.17, 15) is 14.3 Å². The third-order valence-corrected chi connectivity index (χ3v) is 4.15. The number of rotatable bonds is 7. The van der Waals surface area contributed by atoms with E-state index >= 15 is 0 Å². The molecular weight excluding hydrogens is 331 g/mol. The van der Waals surface area contributed by atoms with Gasteiger partial charge in [-0.05, 0) is 59.9 Å². The highest BCUT2D eigenvalue weighted by molar-refractivity contribution is 5.68. The number of para-hydroxylation sites is 1. The second-order valence-corrected chi connectivity index (χ2v) is 6.11. The Hall–Kier alpha value is -3.14. The molecule has 0 saturated carbocycles. The second kappa shape index (κ2) is 8.30. The van der Waals surface area contributed by atoms with E-state index < -0.39 is 5.97 Å². The number of halogens is 1. The van der Waals surface area contributed by atoms with Crippen LogP contribution in [-0.2, 0) is 11.2 Å². The molecule has 0 bridgehead atoms. The molecule has 0 aliphatic rings. The van der Waals surface area contributed by atoms with Crippen LogP contribution >= 0.6 is 0 Å². The maximum Gasteiger partial charge on any atom is 0.303 e. The minimum Gasteiger partial charge on any atom is -0.481 e. The van der Waals surface area contributed by atoms with Crippen LogP contribution < -0.4 is 4.74 Å². The van der Waals surface area contributed by atoms with Gasteiger partial charge in [0.15, 0.2) is 0 Å². The van der Waals surface area contributed by atoms with Gasteiger partial charge in [-0.25, -0.2) is 4.39 Å². The van der Waals surface area contributed by atoms with Gasteiger partial charge in [-0.15, -0.1) is 0 Å². The Morgan fingerprint density at radius 2 is 1.50 bits per heavy atom. The zero-order valence-electron chi connectivity index (χ0n) is 14.1. The first-order valence-electron chi connectivity index (χ1n) is 8.39. The van der Waals surface area contributed by atoms with Gasteiger partial charge in [-0.3, -0.25) is 4.79 Å². The molecule has 0 amide bonds. The fourth-order valence-electron chi connectivity index (χ4n) is 2.86. The maximum atomic E-state index is 13.1. The summed E-state index contributed by atoms with van der Waals surface area (Å²) in [7, 11) is 0. The fourth-order valence-corrected chi connectivity index (χ4v) is 2.86. The lowest BCUT2D eigenvalue weighted by atomic mass is 9.89. The van der Waals surface area contributed by atoms with Crippen LogP contribution in [0.2, 0.25) is 0 Å². The molecule has 26 heavy (non-hydrogen) atoms. The fraction of sp³-hybridized carbons (Fsp3) is 0.136. The van der Waals surface area contributed by atoms with Gasteiger partial charge >= 0.3 is 5.97 Å². The Bertz CT molecular complexity index is 843. The van der Waals surface area contributed by atoms with Gasteiger partial charge in [-0.2, -0.15) is 0 Å². The number of carboxylic acids is 1. The molecule has 0 aromatic heterocycles. The van der Waals surface area contributed by atoms with Crippen LogP contribution in [-0.4, -0.2) is 11.1 Å². The zero-order chi connectivity index (χ0) is 18.4. The molecule has 3 nitrogen and oxygen atoms in total. The first-order chi connectivity index (χ1) is 12.6. The van der Waals surface area contributed by atoms with Crippen molar-refractivity contribution in [3.05, 3.63) is 95.8 Å². The first-order valence-corrected chi connectivity index (χ1v) is 8.39. The molecule has 3 aromatic rings. The summed E-state index contributed by atoms with van der Waals surface area (Å²) in [6.07, 6.45) is 0.543. The molecule has 0 aliphatic heterocycles. The molecule has 0 spiro atoms. The summed E-state index contributed by atoms with van der Waals surface area (Å²) in [6, 6.07) is 23.1. The molecule has 1 unspecified atom stereocenters. The molecule has 0 fully saturated rings. The summed E-state index contributed by atoms with van der Waals surface area (Å²) in [5.41, 5.74) is 1.82. The number of aliphatic carboxylic acids is 1. The minimum absolute atomic E-state index is 0.0102. The average Bonchev–Trinajstić information content (AvgIpc) is 2.64. The number of benzene rings is 3. The van der Waals surface area contributed by atoms with Gasteiger partial charge in [0.1, 0.15) is 17.3 Å². The van der Waals surface area contributed by atoms with Crippen molar-refractivity contribution in [2.45, 2.75) is 18.8 Å². The normalized spacial score (nSPS) is 11.7. The second-order valence-electron chi connectivity index (χ2n) is 6.11. The SMILES string of the molecule is O=C(O)CC(Cc1ccc(F)cc1)c1ccc(Oc2ccccc2)cc1. The van der Waals surface area contributed by atoms with Crippen molar-refractivity contribution < 1.29 is 19.0 Å². The molecule has 132 valence electrons. The van der Waals surface area contributed by atoms with Crippen molar-refractivity contribution in [3.8, 4) is 11.5 Å². The van der Waals surface area contributed by atoms with Crippen molar-refractivity contribution in [3.63, 3.8) is 0 Å². The van der Waals surface area contributed by atoms with Crippen LogP contribution in [0, 0.1) is 5.82 Å². The number of carbonyl (C=O) groups is 1. The summed E-state index contributed by atoms with van der Waals surface area (Å²) in [5.74, 6) is 0.0841. The first kappa shape index (κ1) is 17.7. The molecule has 0 saturated heterocycles. The van der Waals surface area contributed by atoms with E-state index in [-0.39, 0.29) is 18.2 Å². The van der Waals surface area contributed by atoms with Gasteiger partial charge in [0.2, 0.25) is 0 Å². The van der Waals surface area contributed by atoms with Crippen molar-refractivity contribution in [1.82, 2.24) is 0 Å². The highest BCUT2D eigenvalue weighted by atomic mass is 19.1. The number of ether oxygens (including phenoxy) is 1. The van der Waals surface area contributed by atoms with Gasteiger partial charge < -0.3 is 9.84 Å². The lowest BCUT2D eigenvalue weighted by molar-refractivity contribution is -0.137. The lowest BCUT2D eigenvalue weighted by Crippen LogP contribution is -2.09. The Labute approximate surface area is 151 Å². The molecule has 0 aliphatic carbocycles. The van der Waals surface area contributed by atoms with Gasteiger partial charge in [-0.1, -0.05) is 42.5 Å². The predicted molar refractivity (Wildman–Crippen MR) is 98.1 cm³/mol. The molecule has 0 radical (unpaired) electrons. The Balaban J connectivity index is 1.75. The van der Waals surface area contributed by atoms with Crippen LogP contribution in [0.4, 0.5) is 4.39 Å². The van der Waals surface area contributed by atoms with Crippen molar-refractivity contribution in [1.29, 1.82) is 0 Å². The van der Waals surface area contributed by atoms with Crippen molar-refractivity contribution >= 4 is 5.97 Å². The van der Waals surface area contributed by atoms with E-state index in [1.165, 1.54) is 12.1 Å². The highest BCUT2D eigenvalue weighted by Crippen LogP contribution is 2.28. The molecule has 3 rings (SSSR count). The molecular formula is C22H19FO3. The van der Waals surface area contributed by atoms with Crippen molar-refractivity contribution in [2.75, 3.05) is 0 Å². The van der Waals surface area contributed by atoms with E-state index in [4.69, 9.17) is 4.74 Å². The van der Waals surface area contributed by atoms with Crippen LogP contribution in [0.3, 0.4) is 0 Å². The van der Waals surface area contributed by atoms with E-state index in [2.05, 4.69) is 0 Å². The predicted octanol–water partition coefficient (Wildman–Crippen LogP) is 5.42. The lowest BCUT2D eigenvalue weighted by Gasteiger charge is -2.16. The quantitative estimate of drug-likeness (QED) is 0.619. The summed E-state index contributed by atoms with van der Waals surface area (Å²) >= 11 is 0. The molecule has 4 heteroatoms. The zero-order valence-corrected chi connectivity index (χ0v) is 14.1. The van der Waals surface area contributed by atoms with Crippen LogP contribution in [0.15, 0.2) is 78.9 Å². The molecule has 0 heterocycles. The van der Waals surface area contributed by atoms with Gasteiger partial charge in [0.25, 0.3) is 0 Å². The highest BCUT2D eigenvalue weighted by Gasteiger charge is 2.16. The Kier molecular flexibility index (Phi) is 5.64. The Morgan fingerprint density at radius 1 is 0.885 bits per heavy atom. The monoisotopic (exact) mass is 350 g/mol. The van der Waals surface area contributed by atoms with Gasteiger partial charge in [0.05, 0.1) is 6.42 Å². The van der Waals surface area contributed by atoms with Gasteiger partial charge in [0, 0.05) is 0 Å². The van der Waals surface area contributed by atoms with Crippen molar-refractivity contribution in [2.24, 2.45) is 0 Å². The summed E-state index contributed by atoms with van der Waals surface area (Å²) in [5, 5.41) is 9.23. The summed E-state index contributed by atoms with van der Waals surface area (Å²) in [6.45, 7) is 0. The number of hydrogen-bond acceptors (Lipinski definition) is 2. The average molecular weight is 350 g/mol. The van der Waals surface area contributed by atoms with Crippen LogP contribution in [0.5, 0.6) is 11.5 Å². The largest absolute Gasteiger partial charge is 0.481 e. The number of carboxylic acid groups (broad SMARTS) is 1. The standard InChI is InChI=1S/C22H19FO3/c23-19-10-6-16(7-11-19)14-18(15-22(24)25)17-8-12-21(13-9-17)26-20-4-2-1-3-5-20/h1-13,18H,14-15H2,(H,24,25). The minimum atomic E-state index is -0.860.